The van der Waals surface area contributed by atoms with E-state index in [1.54, 1.807) is 6.07 Å². The number of hydrogen-bond acceptors (Lipinski definition) is 2. The molecule has 70 valence electrons. The van der Waals surface area contributed by atoms with E-state index in [1.165, 1.54) is 0 Å². The molecule has 0 bridgehead atoms. The molecule has 0 atom stereocenters. The average molecular weight is 178 g/mol. The quantitative estimate of drug-likeness (QED) is 0.555. The van der Waals surface area contributed by atoms with Crippen LogP contribution in [0.4, 0.5) is 0 Å². The van der Waals surface area contributed by atoms with E-state index in [1.807, 2.05) is 18.2 Å². The van der Waals surface area contributed by atoms with Gasteiger partial charge in [0, 0.05) is 6.42 Å². The van der Waals surface area contributed by atoms with Crippen LogP contribution in [0.3, 0.4) is 0 Å². The summed E-state index contributed by atoms with van der Waals surface area (Å²) in [6.45, 7) is 0. The number of carbonyl (C=O) groups excluding carboxylic acids is 1. The Kier molecular flexibility index (Phi) is 4.03. The summed E-state index contributed by atoms with van der Waals surface area (Å²) in [5, 5.41) is 9.40. The van der Waals surface area contributed by atoms with Crippen LogP contribution in [0.1, 0.15) is 24.8 Å². The van der Waals surface area contributed by atoms with E-state index < -0.39 is 0 Å². The van der Waals surface area contributed by atoms with E-state index in [4.69, 9.17) is 0 Å². The Bertz CT molecular complexity index is 269. The second kappa shape index (κ2) is 5.36. The first-order valence-corrected chi connectivity index (χ1v) is 4.55. The van der Waals surface area contributed by atoms with Gasteiger partial charge in [0.15, 0.2) is 0 Å². The minimum atomic E-state index is 0.355. The van der Waals surface area contributed by atoms with Crippen molar-refractivity contribution in [3.63, 3.8) is 0 Å². The zero-order chi connectivity index (χ0) is 9.52. The number of phenolic OH excluding ortho intramolecular Hbond substituents is 1. The first kappa shape index (κ1) is 9.78. The smallest absolute Gasteiger partial charge is 0.119 e. The molecule has 1 rings (SSSR count). The van der Waals surface area contributed by atoms with Crippen LogP contribution in [-0.2, 0) is 11.2 Å². The lowest BCUT2D eigenvalue weighted by molar-refractivity contribution is -0.107. The molecule has 0 heterocycles. The van der Waals surface area contributed by atoms with Gasteiger partial charge in [-0.2, -0.15) is 0 Å². The third-order valence-electron chi connectivity index (χ3n) is 2.01. The zero-order valence-electron chi connectivity index (χ0n) is 7.57. The van der Waals surface area contributed by atoms with E-state index in [0.29, 0.717) is 12.2 Å². The Morgan fingerprint density at radius 2 is 2.00 bits per heavy atom. The summed E-state index contributed by atoms with van der Waals surface area (Å²) in [5.41, 5.74) is 0.966. The lowest BCUT2D eigenvalue weighted by atomic mass is 10.1. The normalized spacial score (nSPS) is 9.85. The van der Waals surface area contributed by atoms with Crippen LogP contribution < -0.4 is 0 Å². The predicted octanol–water partition coefficient (Wildman–Crippen LogP) is 2.30. The van der Waals surface area contributed by atoms with Crippen LogP contribution >= 0.6 is 0 Å². The number of carbonyl (C=O) groups is 1. The van der Waals surface area contributed by atoms with Gasteiger partial charge >= 0.3 is 0 Å². The molecule has 1 N–H and O–H groups in total. The van der Waals surface area contributed by atoms with E-state index >= 15 is 0 Å². The number of rotatable bonds is 5. The standard InChI is InChI=1S/C11H14O2/c12-9-5-1-2-6-10-7-3-4-8-11(10)13/h3-4,7-9,13H,1-2,5-6H2. The van der Waals surface area contributed by atoms with Gasteiger partial charge in [-0.25, -0.2) is 0 Å². The molecule has 0 saturated carbocycles. The molecule has 0 aliphatic heterocycles. The topological polar surface area (TPSA) is 37.3 Å². The molecule has 2 heteroatoms. The Labute approximate surface area is 78.2 Å². The summed E-state index contributed by atoms with van der Waals surface area (Å²) in [6.07, 6.45) is 4.26. The molecule has 0 aliphatic carbocycles. The molecule has 0 spiro atoms. The van der Waals surface area contributed by atoms with Gasteiger partial charge in [0.1, 0.15) is 12.0 Å². The van der Waals surface area contributed by atoms with Crippen LogP contribution in [0.25, 0.3) is 0 Å². The minimum absolute atomic E-state index is 0.355. The lowest BCUT2D eigenvalue weighted by Crippen LogP contribution is -1.86. The Balaban J connectivity index is 2.36. The second-order valence-electron chi connectivity index (χ2n) is 3.04. The number of unbranched alkanes of at least 4 members (excludes halogenated alkanes) is 2. The highest BCUT2D eigenvalue weighted by molar-refractivity contribution is 5.49. The summed E-state index contributed by atoms with van der Waals surface area (Å²) in [5.74, 6) is 0.355. The van der Waals surface area contributed by atoms with Crippen LogP contribution in [0, 0.1) is 0 Å². The molecule has 0 aromatic heterocycles. The molecule has 1 aromatic rings. The van der Waals surface area contributed by atoms with Gasteiger partial charge in [-0.05, 0) is 30.9 Å². The fraction of sp³-hybridized carbons (Fsp3) is 0.364. The second-order valence-corrected chi connectivity index (χ2v) is 3.04. The number of phenols is 1. The predicted molar refractivity (Wildman–Crippen MR) is 51.7 cm³/mol. The molecule has 0 aliphatic rings. The van der Waals surface area contributed by atoms with Crippen molar-refractivity contribution in [2.24, 2.45) is 0 Å². The van der Waals surface area contributed by atoms with Gasteiger partial charge in [-0.1, -0.05) is 18.2 Å². The van der Waals surface area contributed by atoms with Gasteiger partial charge in [0.25, 0.3) is 0 Å². The molecule has 0 amide bonds. The molecule has 0 unspecified atom stereocenters. The first-order valence-electron chi connectivity index (χ1n) is 4.55. The fourth-order valence-corrected chi connectivity index (χ4v) is 1.27. The van der Waals surface area contributed by atoms with Crippen molar-refractivity contribution >= 4 is 6.29 Å². The summed E-state index contributed by atoms with van der Waals surface area (Å²) in [7, 11) is 0. The minimum Gasteiger partial charge on any atom is -0.508 e. The SMILES string of the molecule is O=CCCCCc1ccccc1O. The Morgan fingerprint density at radius 3 is 2.69 bits per heavy atom. The number of aldehydes is 1. The highest BCUT2D eigenvalue weighted by Crippen LogP contribution is 2.17. The van der Waals surface area contributed by atoms with Crippen molar-refractivity contribution in [3.8, 4) is 5.75 Å². The number of para-hydroxylation sites is 1. The van der Waals surface area contributed by atoms with Crippen LogP contribution in [0.5, 0.6) is 5.75 Å². The number of hydrogen-bond donors (Lipinski definition) is 1. The molecule has 13 heavy (non-hydrogen) atoms. The molecule has 0 radical (unpaired) electrons. The number of aryl methyl sites for hydroxylation is 1. The number of benzene rings is 1. The summed E-state index contributed by atoms with van der Waals surface area (Å²) < 4.78 is 0. The van der Waals surface area contributed by atoms with E-state index in [-0.39, 0.29) is 0 Å². The van der Waals surface area contributed by atoms with E-state index in [0.717, 1.165) is 31.1 Å². The highest BCUT2D eigenvalue weighted by atomic mass is 16.3. The van der Waals surface area contributed by atoms with Crippen LogP contribution in [-0.4, -0.2) is 11.4 Å². The molecule has 0 fully saturated rings. The molecule has 2 nitrogen and oxygen atoms in total. The van der Waals surface area contributed by atoms with Gasteiger partial charge < -0.3 is 9.90 Å². The Morgan fingerprint density at radius 1 is 1.23 bits per heavy atom. The van der Waals surface area contributed by atoms with Gasteiger partial charge in [-0.3, -0.25) is 0 Å². The van der Waals surface area contributed by atoms with Crippen molar-refractivity contribution < 1.29 is 9.90 Å². The number of aromatic hydroxyl groups is 1. The van der Waals surface area contributed by atoms with Gasteiger partial charge in [-0.15, -0.1) is 0 Å². The lowest BCUT2D eigenvalue weighted by Gasteiger charge is -2.02. The summed E-state index contributed by atoms with van der Waals surface area (Å²) in [4.78, 5) is 10.0. The van der Waals surface area contributed by atoms with Crippen molar-refractivity contribution in [2.45, 2.75) is 25.7 Å². The van der Waals surface area contributed by atoms with E-state index in [2.05, 4.69) is 0 Å². The largest absolute Gasteiger partial charge is 0.508 e. The zero-order valence-corrected chi connectivity index (χ0v) is 7.57. The molecule has 1 aromatic carbocycles. The third kappa shape index (κ3) is 3.28. The average Bonchev–Trinajstić information content (AvgIpc) is 2.15. The maximum Gasteiger partial charge on any atom is 0.119 e. The van der Waals surface area contributed by atoms with Gasteiger partial charge in [0.2, 0.25) is 0 Å². The van der Waals surface area contributed by atoms with Crippen LogP contribution in [0.15, 0.2) is 24.3 Å². The van der Waals surface area contributed by atoms with Gasteiger partial charge in [0.05, 0.1) is 0 Å². The fourth-order valence-electron chi connectivity index (χ4n) is 1.27. The van der Waals surface area contributed by atoms with E-state index in [9.17, 15) is 9.90 Å². The van der Waals surface area contributed by atoms with Crippen molar-refractivity contribution in [1.29, 1.82) is 0 Å². The summed E-state index contributed by atoms with van der Waals surface area (Å²) in [6, 6.07) is 7.32. The molecule has 0 saturated heterocycles. The van der Waals surface area contributed by atoms with Crippen molar-refractivity contribution in [1.82, 2.24) is 0 Å². The summed E-state index contributed by atoms with van der Waals surface area (Å²) >= 11 is 0. The van der Waals surface area contributed by atoms with Crippen molar-refractivity contribution in [2.75, 3.05) is 0 Å². The molecular formula is C11H14O2. The highest BCUT2D eigenvalue weighted by Gasteiger charge is 1.98. The first-order chi connectivity index (χ1) is 6.34. The third-order valence-corrected chi connectivity index (χ3v) is 2.01. The van der Waals surface area contributed by atoms with Crippen LogP contribution in [0.2, 0.25) is 0 Å². The maximum atomic E-state index is 10.0. The maximum absolute atomic E-state index is 10.0. The monoisotopic (exact) mass is 178 g/mol. The Hall–Kier alpha value is -1.31. The van der Waals surface area contributed by atoms with Crippen molar-refractivity contribution in [3.05, 3.63) is 29.8 Å². The molecular weight excluding hydrogens is 164 g/mol.